The van der Waals surface area contributed by atoms with E-state index in [9.17, 15) is 8.42 Å². The summed E-state index contributed by atoms with van der Waals surface area (Å²) in [6.45, 7) is 1.70. The fourth-order valence-corrected chi connectivity index (χ4v) is 3.79. The molecule has 1 aromatic carbocycles. The first-order valence-electron chi connectivity index (χ1n) is 7.28. The van der Waals surface area contributed by atoms with Gasteiger partial charge in [0.2, 0.25) is 5.96 Å². The lowest BCUT2D eigenvalue weighted by Gasteiger charge is -2.04. The zero-order valence-electron chi connectivity index (χ0n) is 13.7. The number of nitrogens with zero attached hydrogens (tertiary/aromatic N) is 5. The molecule has 0 radical (unpaired) electrons. The molecule has 4 N–H and O–H groups in total. The minimum Gasteiger partial charge on any atom is -0.369 e. The first kappa shape index (κ1) is 16.7. The number of para-hydroxylation sites is 1. The number of guanidine groups is 1. The van der Waals surface area contributed by atoms with Gasteiger partial charge in [0, 0.05) is 30.4 Å². The van der Waals surface area contributed by atoms with Crippen molar-refractivity contribution < 1.29 is 8.42 Å². The van der Waals surface area contributed by atoms with Crippen molar-refractivity contribution in [3.63, 3.8) is 0 Å². The molecule has 0 saturated carbocycles. The zero-order valence-corrected chi connectivity index (χ0v) is 14.5. The Kier molecular flexibility index (Phi) is 4.05. The molecule has 3 rings (SSSR count). The number of fused-ring (bicyclic) bond motifs is 1. The molecule has 0 fully saturated rings. The van der Waals surface area contributed by atoms with E-state index in [0.29, 0.717) is 22.2 Å². The lowest BCUT2D eigenvalue weighted by molar-refractivity contribution is 0.585. The van der Waals surface area contributed by atoms with Crippen LogP contribution in [0.25, 0.3) is 10.9 Å². The molecule has 0 amide bonds. The van der Waals surface area contributed by atoms with Crippen molar-refractivity contribution in [1.82, 2.24) is 13.5 Å². The molecule has 3 aromatic rings. The minimum absolute atomic E-state index is 0.0406. The number of aromatic nitrogens is 3. The van der Waals surface area contributed by atoms with Gasteiger partial charge < -0.3 is 16.0 Å². The van der Waals surface area contributed by atoms with E-state index in [4.69, 9.17) is 11.5 Å². The van der Waals surface area contributed by atoms with Crippen LogP contribution in [0.5, 0.6) is 0 Å². The van der Waals surface area contributed by atoms with Gasteiger partial charge in [0.05, 0.1) is 17.6 Å². The summed E-state index contributed by atoms with van der Waals surface area (Å²) in [4.78, 5) is 3.95. The molecule has 0 unspecified atom stereocenters. The first-order chi connectivity index (χ1) is 11.8. The molecule has 0 aliphatic heterocycles. The van der Waals surface area contributed by atoms with Gasteiger partial charge in [0.1, 0.15) is 0 Å². The summed E-state index contributed by atoms with van der Waals surface area (Å²) >= 11 is 0. The van der Waals surface area contributed by atoms with Crippen molar-refractivity contribution in [2.45, 2.75) is 11.9 Å². The summed E-state index contributed by atoms with van der Waals surface area (Å²) in [5.74, 6) is -0.177. The maximum atomic E-state index is 12.9. The maximum Gasteiger partial charge on any atom is 0.287 e. The molecule has 0 aliphatic rings. The second kappa shape index (κ2) is 6.06. The molecule has 2 aromatic heterocycles. The van der Waals surface area contributed by atoms with Crippen LogP contribution in [0.15, 0.2) is 58.2 Å². The Morgan fingerprint density at radius 3 is 2.52 bits per heavy atom. The monoisotopic (exact) mass is 359 g/mol. The smallest absolute Gasteiger partial charge is 0.287 e. The molecule has 25 heavy (non-hydrogen) atoms. The van der Waals surface area contributed by atoms with E-state index in [1.165, 1.54) is 22.7 Å². The minimum atomic E-state index is -3.84. The van der Waals surface area contributed by atoms with E-state index in [2.05, 4.69) is 15.2 Å². The third-order valence-corrected chi connectivity index (χ3v) is 5.15. The Labute approximate surface area is 144 Å². The molecule has 2 heterocycles. The molecule has 0 aliphatic carbocycles. The van der Waals surface area contributed by atoms with Crippen LogP contribution in [0, 0.1) is 0 Å². The van der Waals surface area contributed by atoms with Gasteiger partial charge in [-0.15, -0.1) is 5.10 Å². The van der Waals surface area contributed by atoms with Gasteiger partial charge in [-0.1, -0.05) is 18.2 Å². The zero-order chi connectivity index (χ0) is 18.2. The van der Waals surface area contributed by atoms with E-state index in [0.717, 1.165) is 0 Å². The Hall–Kier alpha value is -3.14. The van der Waals surface area contributed by atoms with Crippen molar-refractivity contribution in [1.29, 1.82) is 0 Å². The highest BCUT2D eigenvalue weighted by atomic mass is 32.2. The highest BCUT2D eigenvalue weighted by Crippen LogP contribution is 2.26. The van der Waals surface area contributed by atoms with Crippen molar-refractivity contribution in [2.24, 2.45) is 28.7 Å². The number of benzene rings is 1. The maximum absolute atomic E-state index is 12.9. The second-order valence-electron chi connectivity index (χ2n) is 5.45. The van der Waals surface area contributed by atoms with Crippen LogP contribution < -0.4 is 11.5 Å². The first-order valence-corrected chi connectivity index (χ1v) is 8.72. The summed E-state index contributed by atoms with van der Waals surface area (Å²) < 4.78 is 28.6. The van der Waals surface area contributed by atoms with Crippen LogP contribution in [0.1, 0.15) is 12.5 Å². The Morgan fingerprint density at radius 2 is 1.88 bits per heavy atom. The van der Waals surface area contributed by atoms with E-state index in [1.54, 1.807) is 30.7 Å². The number of aryl methyl sites for hydroxylation is 1. The number of nitrogens with two attached hydrogens (primary N) is 2. The summed E-state index contributed by atoms with van der Waals surface area (Å²) in [7, 11) is -2.14. The van der Waals surface area contributed by atoms with Crippen molar-refractivity contribution >= 4 is 32.6 Å². The number of rotatable bonds is 4. The molecular formula is C15H17N7O2S. The topological polar surface area (TPSA) is 134 Å². The molecule has 0 atom stereocenters. The third-order valence-electron chi connectivity index (χ3n) is 3.59. The number of hydrogen-bond acceptors (Lipinski definition) is 5. The van der Waals surface area contributed by atoms with Crippen LogP contribution >= 0.6 is 0 Å². The van der Waals surface area contributed by atoms with Crippen LogP contribution in [-0.2, 0) is 17.1 Å². The summed E-state index contributed by atoms with van der Waals surface area (Å²) in [5.41, 5.74) is 12.2. The highest BCUT2D eigenvalue weighted by molar-refractivity contribution is 7.90. The van der Waals surface area contributed by atoms with Crippen LogP contribution in [-0.4, -0.2) is 33.6 Å². The predicted molar refractivity (Wildman–Crippen MR) is 95.8 cm³/mol. The van der Waals surface area contributed by atoms with Crippen LogP contribution in [0.2, 0.25) is 0 Å². The van der Waals surface area contributed by atoms with Crippen molar-refractivity contribution in [3.8, 4) is 0 Å². The second-order valence-corrected chi connectivity index (χ2v) is 7.21. The van der Waals surface area contributed by atoms with Crippen molar-refractivity contribution in [2.75, 3.05) is 0 Å². The Bertz CT molecular complexity index is 1100. The van der Waals surface area contributed by atoms with E-state index in [1.807, 2.05) is 12.1 Å². The van der Waals surface area contributed by atoms with Gasteiger partial charge in [-0.05, 0) is 13.0 Å². The quantitative estimate of drug-likeness (QED) is 0.400. The summed E-state index contributed by atoms with van der Waals surface area (Å²) in [5, 5.41) is 8.25. The molecular weight excluding hydrogens is 342 g/mol. The molecule has 130 valence electrons. The van der Waals surface area contributed by atoms with E-state index < -0.39 is 10.0 Å². The Balaban J connectivity index is 2.25. The van der Waals surface area contributed by atoms with E-state index >= 15 is 0 Å². The molecule has 9 nitrogen and oxygen atoms in total. The number of imidazole rings is 1. The predicted octanol–water partition coefficient (Wildman–Crippen LogP) is 0.609. The van der Waals surface area contributed by atoms with Crippen LogP contribution in [0.4, 0.5) is 0 Å². The summed E-state index contributed by atoms with van der Waals surface area (Å²) in [6.07, 6.45) is 4.38. The molecule has 0 spiro atoms. The molecule has 0 saturated heterocycles. The number of hydrogen-bond donors (Lipinski definition) is 2. The van der Waals surface area contributed by atoms with E-state index in [-0.39, 0.29) is 11.0 Å². The third kappa shape index (κ3) is 2.98. The van der Waals surface area contributed by atoms with Gasteiger partial charge in [-0.25, -0.2) is 8.96 Å². The van der Waals surface area contributed by atoms with Crippen LogP contribution in [0.3, 0.4) is 0 Å². The normalized spacial score (nSPS) is 12.5. The highest BCUT2D eigenvalue weighted by Gasteiger charge is 2.24. The average Bonchev–Trinajstić information content (AvgIpc) is 3.17. The molecule has 10 heteroatoms. The van der Waals surface area contributed by atoms with Gasteiger partial charge in [-0.3, -0.25) is 0 Å². The Morgan fingerprint density at radius 1 is 1.16 bits per heavy atom. The van der Waals surface area contributed by atoms with Gasteiger partial charge in [0.15, 0.2) is 5.03 Å². The lowest BCUT2D eigenvalue weighted by atomic mass is 10.1. The largest absolute Gasteiger partial charge is 0.369 e. The van der Waals surface area contributed by atoms with Gasteiger partial charge in [0.25, 0.3) is 10.0 Å². The fourth-order valence-electron chi connectivity index (χ4n) is 2.45. The lowest BCUT2D eigenvalue weighted by Crippen LogP contribution is -2.22. The standard InChI is InChI=1S/C15H17N7O2S/c1-10(19-20-15(16)17)12-7-22(13-6-4-3-5-11(12)13)25(23,24)14-8-21(2)9-18-14/h3-9H,1-2H3,(H4,16,17,20)/b19-10-. The molecule has 0 bridgehead atoms. The fraction of sp³-hybridized carbons (Fsp3) is 0.133. The summed E-state index contributed by atoms with van der Waals surface area (Å²) in [6, 6.07) is 7.10. The van der Waals surface area contributed by atoms with Crippen molar-refractivity contribution in [3.05, 3.63) is 48.5 Å². The van der Waals surface area contributed by atoms with Gasteiger partial charge >= 0.3 is 0 Å². The average molecular weight is 359 g/mol. The van der Waals surface area contributed by atoms with Gasteiger partial charge in [-0.2, -0.15) is 13.5 Å². The SMILES string of the molecule is C/C(=N/N=C(N)N)c1cn(S(=O)(=O)c2cn(C)cn2)c2ccccc12.